The second kappa shape index (κ2) is 6.88. The van der Waals surface area contributed by atoms with E-state index >= 15 is 0 Å². The van der Waals surface area contributed by atoms with Gasteiger partial charge in [-0.15, -0.1) is 10.2 Å². The number of rotatable bonds is 5. The van der Waals surface area contributed by atoms with Crippen LogP contribution >= 0.6 is 0 Å². The Balaban J connectivity index is 1.58. The molecule has 0 saturated heterocycles. The molecule has 1 saturated carbocycles. The zero-order valence-electron chi connectivity index (χ0n) is 14.8. The van der Waals surface area contributed by atoms with Crippen molar-refractivity contribution in [3.8, 4) is 17.0 Å². The summed E-state index contributed by atoms with van der Waals surface area (Å²) in [5.41, 5.74) is 6.54. The molecule has 2 aromatic heterocycles. The fourth-order valence-corrected chi connectivity index (χ4v) is 3.41. The van der Waals surface area contributed by atoms with Crippen molar-refractivity contribution in [1.82, 2.24) is 15.2 Å². The highest BCUT2D eigenvalue weighted by molar-refractivity contribution is 5.96. The van der Waals surface area contributed by atoms with E-state index in [1.807, 2.05) is 18.2 Å². The molecule has 28 heavy (non-hydrogen) atoms. The van der Waals surface area contributed by atoms with Crippen molar-refractivity contribution in [2.45, 2.75) is 24.6 Å². The van der Waals surface area contributed by atoms with E-state index in [1.165, 1.54) is 12.1 Å². The van der Waals surface area contributed by atoms with Crippen molar-refractivity contribution in [1.29, 1.82) is 0 Å². The number of anilines is 1. The van der Waals surface area contributed by atoms with Gasteiger partial charge in [0.05, 0.1) is 22.5 Å². The summed E-state index contributed by atoms with van der Waals surface area (Å²) in [5.74, 6) is -0.422. The molecule has 3 aromatic rings. The minimum absolute atomic E-state index is 0.0130. The number of carbonyl (C=O) groups is 1. The molecule has 7 nitrogen and oxygen atoms in total. The quantitative estimate of drug-likeness (QED) is 0.628. The number of amides is 1. The fraction of sp³-hybridized carbons (Fsp3) is 0.200. The molecule has 0 aliphatic heterocycles. The maximum atomic E-state index is 13.7. The number of benzene rings is 1. The van der Waals surface area contributed by atoms with E-state index in [0.717, 1.165) is 5.69 Å². The molecule has 0 unspecified atom stereocenters. The summed E-state index contributed by atoms with van der Waals surface area (Å²) < 4.78 is 13.7. The lowest BCUT2D eigenvalue weighted by atomic mass is 9.72. The first-order valence-electron chi connectivity index (χ1n) is 8.77. The van der Waals surface area contributed by atoms with Gasteiger partial charge in [0, 0.05) is 24.6 Å². The van der Waals surface area contributed by atoms with Crippen LogP contribution in [0.3, 0.4) is 0 Å². The summed E-state index contributed by atoms with van der Waals surface area (Å²) in [4.78, 5) is 15.8. The van der Waals surface area contributed by atoms with E-state index in [1.54, 1.807) is 24.4 Å². The molecule has 4 rings (SSSR count). The number of nitrogens with two attached hydrogens (primary N) is 1. The lowest BCUT2D eigenvalue weighted by molar-refractivity contribution is 0.0997. The summed E-state index contributed by atoms with van der Waals surface area (Å²) in [6, 6.07) is 13.5. The molecule has 0 atom stereocenters. The molecule has 2 heterocycles. The summed E-state index contributed by atoms with van der Waals surface area (Å²) in [6.45, 7) is 0. The number of hydrogen-bond donors (Lipinski definition) is 3. The third-order valence-electron chi connectivity index (χ3n) is 4.88. The number of nitrogens with zero attached hydrogens (tertiary/aromatic N) is 3. The average Bonchev–Trinajstić information content (AvgIpc) is 2.68. The van der Waals surface area contributed by atoms with Crippen molar-refractivity contribution < 1.29 is 14.3 Å². The lowest BCUT2D eigenvalue weighted by Gasteiger charge is -2.44. The Morgan fingerprint density at radius 1 is 1.18 bits per heavy atom. The number of alkyl halides is 1. The molecule has 1 aliphatic rings. The minimum Gasteiger partial charge on any atom is -0.507 e. The highest BCUT2D eigenvalue weighted by Gasteiger charge is 2.47. The molecule has 1 fully saturated rings. The van der Waals surface area contributed by atoms with Crippen LogP contribution in [0.4, 0.5) is 10.2 Å². The van der Waals surface area contributed by atoms with Crippen molar-refractivity contribution in [2.75, 3.05) is 5.32 Å². The van der Waals surface area contributed by atoms with E-state index in [9.17, 15) is 14.3 Å². The first-order valence-corrected chi connectivity index (χ1v) is 8.77. The maximum absolute atomic E-state index is 13.7. The number of aromatic hydroxyl groups is 1. The molecular weight excluding hydrogens is 361 g/mol. The van der Waals surface area contributed by atoms with Crippen LogP contribution in [-0.4, -0.2) is 32.4 Å². The topological polar surface area (TPSA) is 114 Å². The number of pyridine rings is 1. The van der Waals surface area contributed by atoms with E-state index in [2.05, 4.69) is 20.5 Å². The van der Waals surface area contributed by atoms with Crippen LogP contribution in [-0.2, 0) is 5.54 Å². The van der Waals surface area contributed by atoms with Crippen LogP contribution in [0.15, 0.2) is 54.7 Å². The molecule has 142 valence electrons. The monoisotopic (exact) mass is 379 g/mol. The van der Waals surface area contributed by atoms with Gasteiger partial charge in [0.15, 0.2) is 0 Å². The molecule has 8 heteroatoms. The van der Waals surface area contributed by atoms with Gasteiger partial charge in [-0.1, -0.05) is 6.07 Å². The van der Waals surface area contributed by atoms with Crippen molar-refractivity contribution in [2.24, 2.45) is 5.73 Å². The fourth-order valence-electron chi connectivity index (χ4n) is 3.41. The van der Waals surface area contributed by atoms with Crippen LogP contribution in [0.1, 0.15) is 28.9 Å². The molecule has 1 aromatic carbocycles. The highest BCUT2D eigenvalue weighted by Crippen LogP contribution is 2.44. The largest absolute Gasteiger partial charge is 0.507 e. The van der Waals surface area contributed by atoms with Gasteiger partial charge >= 0.3 is 0 Å². The van der Waals surface area contributed by atoms with Crippen LogP contribution < -0.4 is 11.1 Å². The number of hydrogen-bond acceptors (Lipinski definition) is 6. The Labute approximate surface area is 160 Å². The summed E-state index contributed by atoms with van der Waals surface area (Å²) >= 11 is 0. The maximum Gasteiger partial charge on any atom is 0.252 e. The Bertz CT molecular complexity index is 1000. The molecule has 0 radical (unpaired) electrons. The normalized spacial score (nSPS) is 21.0. The summed E-state index contributed by atoms with van der Waals surface area (Å²) in [5, 5.41) is 21.3. The van der Waals surface area contributed by atoms with Gasteiger partial charge in [0.2, 0.25) is 0 Å². The number of halogens is 1. The second-order valence-corrected chi connectivity index (χ2v) is 6.83. The first kappa shape index (κ1) is 17.8. The highest BCUT2D eigenvalue weighted by atomic mass is 19.1. The molecule has 4 N–H and O–H groups in total. The van der Waals surface area contributed by atoms with Gasteiger partial charge in [-0.25, -0.2) is 4.39 Å². The average molecular weight is 379 g/mol. The zero-order chi connectivity index (χ0) is 19.7. The summed E-state index contributed by atoms with van der Waals surface area (Å²) in [7, 11) is 0. The third-order valence-corrected chi connectivity index (χ3v) is 4.88. The van der Waals surface area contributed by atoms with Gasteiger partial charge in [0.25, 0.3) is 5.91 Å². The van der Waals surface area contributed by atoms with E-state index in [-0.39, 0.29) is 11.3 Å². The van der Waals surface area contributed by atoms with Crippen LogP contribution in [0.5, 0.6) is 5.75 Å². The molecule has 1 amide bonds. The second-order valence-electron chi connectivity index (χ2n) is 6.83. The van der Waals surface area contributed by atoms with Crippen LogP contribution in [0.25, 0.3) is 11.3 Å². The smallest absolute Gasteiger partial charge is 0.252 e. The number of phenols is 1. The zero-order valence-corrected chi connectivity index (χ0v) is 14.8. The standard InChI is InChI=1S/C20H18FN5O2/c21-13-10-20(11-13,17-3-1-2-8-23-17)24-18-7-5-15(25-26-18)12-4-6-16(27)14(9-12)19(22)28/h1-9,13,27H,10-11H2,(H2,22,28)(H,24,26). The van der Waals surface area contributed by atoms with Gasteiger partial charge in [-0.05, 0) is 42.5 Å². The Hall–Kier alpha value is -3.55. The molecule has 0 bridgehead atoms. The van der Waals surface area contributed by atoms with Gasteiger partial charge < -0.3 is 16.2 Å². The van der Waals surface area contributed by atoms with E-state index < -0.39 is 17.6 Å². The van der Waals surface area contributed by atoms with Crippen LogP contribution in [0.2, 0.25) is 0 Å². The van der Waals surface area contributed by atoms with Crippen LogP contribution in [0, 0.1) is 0 Å². The lowest BCUT2D eigenvalue weighted by Crippen LogP contribution is -2.49. The van der Waals surface area contributed by atoms with E-state index in [0.29, 0.717) is 29.9 Å². The van der Waals surface area contributed by atoms with Gasteiger partial charge in [0.1, 0.15) is 17.7 Å². The Kier molecular flexibility index (Phi) is 4.38. The van der Waals surface area contributed by atoms with Gasteiger partial charge in [-0.2, -0.15) is 0 Å². The number of carbonyl (C=O) groups excluding carboxylic acids is 1. The third kappa shape index (κ3) is 3.24. The van der Waals surface area contributed by atoms with Gasteiger partial charge in [-0.3, -0.25) is 9.78 Å². The summed E-state index contributed by atoms with van der Waals surface area (Å²) in [6.07, 6.45) is 1.42. The SMILES string of the molecule is NC(=O)c1cc(-c2ccc(NC3(c4ccccn4)CC(F)C3)nn2)ccc1O. The number of primary amides is 1. The van der Waals surface area contributed by atoms with Crippen molar-refractivity contribution >= 4 is 11.7 Å². The van der Waals surface area contributed by atoms with Crippen molar-refractivity contribution in [3.05, 3.63) is 66.0 Å². The van der Waals surface area contributed by atoms with Crippen molar-refractivity contribution in [3.63, 3.8) is 0 Å². The molecular formula is C20H18FN5O2. The van der Waals surface area contributed by atoms with E-state index in [4.69, 9.17) is 5.73 Å². The first-order chi connectivity index (χ1) is 13.5. The minimum atomic E-state index is -0.883. The molecule has 1 aliphatic carbocycles. The number of aromatic nitrogens is 3. The number of nitrogens with one attached hydrogen (secondary N) is 1. The molecule has 0 spiro atoms. The Morgan fingerprint density at radius 3 is 2.61 bits per heavy atom. The predicted molar refractivity (Wildman–Crippen MR) is 101 cm³/mol. The predicted octanol–water partition coefficient (Wildman–Crippen LogP) is 2.78. The Morgan fingerprint density at radius 2 is 2.00 bits per heavy atom.